The Morgan fingerprint density at radius 1 is 1.09 bits per heavy atom. The van der Waals surface area contributed by atoms with Crippen molar-refractivity contribution in [2.24, 2.45) is 0 Å². The van der Waals surface area contributed by atoms with Crippen LogP contribution >= 0.6 is 0 Å². The highest BCUT2D eigenvalue weighted by Gasteiger charge is 2.28. The predicted molar refractivity (Wildman–Crippen MR) is 131 cm³/mol. The number of fused-ring (bicyclic) bond motifs is 2. The van der Waals surface area contributed by atoms with Gasteiger partial charge in [-0.1, -0.05) is 0 Å². The number of aromatic nitrogens is 5. The first kappa shape index (κ1) is 22.3. The second-order valence-electron chi connectivity index (χ2n) is 10.1. The van der Waals surface area contributed by atoms with Gasteiger partial charge >= 0.3 is 6.09 Å². The minimum absolute atomic E-state index is 0.237. The lowest BCUT2D eigenvalue weighted by Gasteiger charge is -2.33. The Bertz CT molecular complexity index is 1380. The molecule has 0 bridgehead atoms. The van der Waals surface area contributed by atoms with Gasteiger partial charge in [-0.15, -0.1) is 0 Å². The van der Waals surface area contributed by atoms with E-state index in [4.69, 9.17) is 14.8 Å². The minimum Gasteiger partial charge on any atom is -0.444 e. The van der Waals surface area contributed by atoms with Crippen LogP contribution in [0.5, 0.6) is 0 Å². The topological polar surface area (TPSA) is 85.5 Å². The number of pyridine rings is 2. The zero-order chi connectivity index (χ0) is 24.0. The number of rotatable bonds is 2. The third-order valence-corrected chi connectivity index (χ3v) is 6.15. The number of carbonyl (C=O) groups is 1. The lowest BCUT2D eigenvalue weighted by atomic mass is 9.93. The normalized spacial score (nSPS) is 15.3. The first-order valence-corrected chi connectivity index (χ1v) is 11.7. The van der Waals surface area contributed by atoms with Crippen LogP contribution in [0.15, 0.2) is 36.7 Å². The van der Waals surface area contributed by atoms with Crippen LogP contribution in [0.3, 0.4) is 0 Å². The fraction of sp³-hybridized carbons (Fsp3) is 0.423. The number of imidazole rings is 1. The van der Waals surface area contributed by atoms with E-state index in [-0.39, 0.29) is 6.09 Å². The number of carbonyl (C=O) groups excluding carboxylic acids is 1. The molecule has 0 atom stereocenters. The van der Waals surface area contributed by atoms with E-state index in [0.717, 1.165) is 57.7 Å². The number of ether oxygens (including phenoxy) is 1. The van der Waals surface area contributed by atoms with E-state index < -0.39 is 5.60 Å². The molecule has 1 fully saturated rings. The lowest BCUT2D eigenvalue weighted by molar-refractivity contribution is 0.0204. The second kappa shape index (κ2) is 8.34. The zero-order valence-electron chi connectivity index (χ0n) is 20.4. The van der Waals surface area contributed by atoms with E-state index in [1.807, 2.05) is 57.6 Å². The largest absolute Gasteiger partial charge is 0.444 e. The van der Waals surface area contributed by atoms with Gasteiger partial charge in [-0.05, 0) is 77.3 Å². The molecule has 0 spiro atoms. The standard InChI is InChI=1S/C26H30N6O2/c1-16-12-22(30-32-15-17(2)28-24(16)32)20-13-19-6-7-21(29-23(19)27-14-20)18-8-10-31(11-9-18)25(33)34-26(3,4)5/h6-7,12-15,18H,8-11H2,1-5H3. The summed E-state index contributed by atoms with van der Waals surface area (Å²) in [7, 11) is 0. The minimum atomic E-state index is -0.476. The molecule has 4 aromatic rings. The highest BCUT2D eigenvalue weighted by Crippen LogP contribution is 2.29. The molecule has 4 aromatic heterocycles. The van der Waals surface area contributed by atoms with E-state index in [2.05, 4.69) is 28.2 Å². The Morgan fingerprint density at radius 2 is 1.85 bits per heavy atom. The molecular weight excluding hydrogens is 428 g/mol. The molecule has 0 N–H and O–H groups in total. The van der Waals surface area contributed by atoms with E-state index in [1.54, 1.807) is 4.90 Å². The Kier molecular flexibility index (Phi) is 5.46. The molecule has 176 valence electrons. The first-order valence-electron chi connectivity index (χ1n) is 11.7. The summed E-state index contributed by atoms with van der Waals surface area (Å²) >= 11 is 0. The molecule has 0 aliphatic carbocycles. The molecule has 1 amide bonds. The molecule has 1 saturated heterocycles. The van der Waals surface area contributed by atoms with Gasteiger partial charge in [0.05, 0.1) is 17.6 Å². The van der Waals surface area contributed by atoms with E-state index in [9.17, 15) is 4.79 Å². The maximum absolute atomic E-state index is 12.3. The van der Waals surface area contributed by atoms with Crippen LogP contribution in [0.25, 0.3) is 27.9 Å². The van der Waals surface area contributed by atoms with Crippen molar-refractivity contribution in [3.63, 3.8) is 0 Å². The number of nitrogens with zero attached hydrogens (tertiary/aromatic N) is 6. The van der Waals surface area contributed by atoms with Crippen molar-refractivity contribution in [1.29, 1.82) is 0 Å². The van der Waals surface area contributed by atoms with Crippen LogP contribution in [0.2, 0.25) is 0 Å². The van der Waals surface area contributed by atoms with Crippen molar-refractivity contribution in [2.45, 2.75) is 59.0 Å². The Balaban J connectivity index is 1.34. The maximum Gasteiger partial charge on any atom is 0.410 e. The Morgan fingerprint density at radius 3 is 2.59 bits per heavy atom. The van der Waals surface area contributed by atoms with Gasteiger partial charge in [0.2, 0.25) is 0 Å². The summed E-state index contributed by atoms with van der Waals surface area (Å²) in [4.78, 5) is 28.2. The number of aryl methyl sites for hydroxylation is 2. The number of amides is 1. The highest BCUT2D eigenvalue weighted by atomic mass is 16.6. The lowest BCUT2D eigenvalue weighted by Crippen LogP contribution is -2.41. The average Bonchev–Trinajstić information content (AvgIpc) is 3.18. The molecule has 1 aliphatic rings. The summed E-state index contributed by atoms with van der Waals surface area (Å²) in [6.45, 7) is 11.0. The van der Waals surface area contributed by atoms with Crippen molar-refractivity contribution >= 4 is 22.8 Å². The van der Waals surface area contributed by atoms with Crippen LogP contribution < -0.4 is 0 Å². The predicted octanol–water partition coefficient (Wildman–Crippen LogP) is 5.07. The molecular formula is C26H30N6O2. The van der Waals surface area contributed by atoms with Gasteiger partial charge in [0.15, 0.2) is 11.3 Å². The first-order chi connectivity index (χ1) is 16.2. The number of likely N-dealkylation sites (tertiary alicyclic amines) is 1. The van der Waals surface area contributed by atoms with Crippen LogP contribution in [0.4, 0.5) is 4.79 Å². The van der Waals surface area contributed by atoms with Crippen molar-refractivity contribution in [1.82, 2.24) is 29.5 Å². The van der Waals surface area contributed by atoms with Crippen LogP contribution in [-0.2, 0) is 4.74 Å². The van der Waals surface area contributed by atoms with Crippen molar-refractivity contribution in [3.05, 3.63) is 53.6 Å². The molecule has 8 heteroatoms. The molecule has 0 aromatic carbocycles. The highest BCUT2D eigenvalue weighted by molar-refractivity contribution is 5.80. The van der Waals surface area contributed by atoms with Gasteiger partial charge in [-0.3, -0.25) is 0 Å². The number of piperidine rings is 1. The van der Waals surface area contributed by atoms with Crippen molar-refractivity contribution in [3.8, 4) is 11.3 Å². The van der Waals surface area contributed by atoms with Gasteiger partial charge in [-0.2, -0.15) is 5.10 Å². The number of hydrogen-bond donors (Lipinski definition) is 0. The fourth-order valence-corrected chi connectivity index (χ4v) is 4.46. The Hall–Kier alpha value is -3.55. The van der Waals surface area contributed by atoms with Gasteiger partial charge in [0.25, 0.3) is 0 Å². The fourth-order valence-electron chi connectivity index (χ4n) is 4.46. The summed E-state index contributed by atoms with van der Waals surface area (Å²) in [5, 5.41) is 5.70. The SMILES string of the molecule is Cc1cn2nc(-c3cnc4nc(C5CCN(C(=O)OC(C)(C)C)CC5)ccc4c3)cc(C)c2n1. The number of hydrogen-bond acceptors (Lipinski definition) is 6. The Labute approximate surface area is 199 Å². The van der Waals surface area contributed by atoms with Gasteiger partial charge < -0.3 is 9.64 Å². The molecule has 1 aliphatic heterocycles. The molecule has 0 unspecified atom stereocenters. The molecule has 5 heterocycles. The average molecular weight is 459 g/mol. The van der Waals surface area contributed by atoms with E-state index in [0.29, 0.717) is 19.0 Å². The molecule has 34 heavy (non-hydrogen) atoms. The van der Waals surface area contributed by atoms with Crippen molar-refractivity contribution < 1.29 is 9.53 Å². The van der Waals surface area contributed by atoms with Crippen LogP contribution in [0.1, 0.15) is 56.5 Å². The summed E-state index contributed by atoms with van der Waals surface area (Å²) in [5.74, 6) is 0.306. The molecule has 0 radical (unpaired) electrons. The summed E-state index contributed by atoms with van der Waals surface area (Å²) in [6, 6.07) is 8.30. The van der Waals surface area contributed by atoms with Gasteiger partial charge in [0, 0.05) is 41.8 Å². The van der Waals surface area contributed by atoms with Gasteiger partial charge in [0.1, 0.15) is 5.60 Å². The quantitative estimate of drug-likeness (QED) is 0.417. The zero-order valence-corrected chi connectivity index (χ0v) is 20.4. The van der Waals surface area contributed by atoms with E-state index >= 15 is 0 Å². The van der Waals surface area contributed by atoms with Crippen molar-refractivity contribution in [2.75, 3.05) is 13.1 Å². The summed E-state index contributed by atoms with van der Waals surface area (Å²) in [5.41, 5.74) is 5.98. The summed E-state index contributed by atoms with van der Waals surface area (Å²) < 4.78 is 7.34. The third kappa shape index (κ3) is 4.44. The van der Waals surface area contributed by atoms with Crippen LogP contribution in [0, 0.1) is 13.8 Å². The molecule has 5 rings (SSSR count). The van der Waals surface area contributed by atoms with Crippen LogP contribution in [-0.4, -0.2) is 54.2 Å². The smallest absolute Gasteiger partial charge is 0.410 e. The molecule has 0 saturated carbocycles. The molecule has 8 nitrogen and oxygen atoms in total. The van der Waals surface area contributed by atoms with Gasteiger partial charge in [-0.25, -0.2) is 24.3 Å². The maximum atomic E-state index is 12.3. The second-order valence-corrected chi connectivity index (χ2v) is 10.1. The summed E-state index contributed by atoms with van der Waals surface area (Å²) in [6.07, 6.45) is 5.26. The third-order valence-electron chi connectivity index (χ3n) is 6.15. The monoisotopic (exact) mass is 458 g/mol. The van der Waals surface area contributed by atoms with E-state index in [1.165, 1.54) is 0 Å².